The molecule has 1 aromatic carbocycles. The van der Waals surface area contributed by atoms with Gasteiger partial charge in [-0.2, -0.15) is 5.10 Å². The summed E-state index contributed by atoms with van der Waals surface area (Å²) in [6.45, 7) is 9.43. The molecule has 0 saturated carbocycles. The lowest BCUT2D eigenvalue weighted by molar-refractivity contribution is 0.569. The summed E-state index contributed by atoms with van der Waals surface area (Å²) in [5, 5.41) is 10.9. The third kappa shape index (κ3) is 2.81. The van der Waals surface area contributed by atoms with Gasteiger partial charge in [0.1, 0.15) is 0 Å². The molecule has 2 aromatic rings. The van der Waals surface area contributed by atoms with E-state index in [1.807, 2.05) is 0 Å². The van der Waals surface area contributed by atoms with Gasteiger partial charge in [0, 0.05) is 42.6 Å². The average molecular weight is 284 g/mol. The van der Waals surface area contributed by atoms with E-state index in [-0.39, 0.29) is 0 Å². The number of aryl methyl sites for hydroxylation is 2. The Morgan fingerprint density at radius 2 is 2.14 bits per heavy atom. The summed E-state index contributed by atoms with van der Waals surface area (Å²) in [4.78, 5) is 2.51. The van der Waals surface area contributed by atoms with Gasteiger partial charge in [0.25, 0.3) is 0 Å². The molecule has 1 aliphatic rings. The van der Waals surface area contributed by atoms with E-state index in [4.69, 9.17) is 0 Å². The van der Waals surface area contributed by atoms with Crippen molar-refractivity contribution in [3.8, 4) is 0 Å². The molecule has 2 N–H and O–H groups in total. The number of benzene rings is 1. The number of rotatable bonds is 5. The fourth-order valence-corrected chi connectivity index (χ4v) is 3.17. The number of aromatic nitrogens is 2. The van der Waals surface area contributed by atoms with Gasteiger partial charge in [-0.05, 0) is 38.8 Å². The number of aromatic amines is 1. The lowest BCUT2D eigenvalue weighted by Crippen LogP contribution is -2.39. The number of para-hydroxylation sites is 1. The molecule has 4 nitrogen and oxygen atoms in total. The van der Waals surface area contributed by atoms with E-state index < -0.39 is 0 Å². The largest absolute Gasteiger partial charge is 0.367 e. The van der Waals surface area contributed by atoms with Crippen molar-refractivity contribution >= 4 is 5.69 Å². The molecule has 0 bridgehead atoms. The van der Waals surface area contributed by atoms with Crippen LogP contribution in [0.25, 0.3) is 0 Å². The zero-order valence-electron chi connectivity index (χ0n) is 13.1. The van der Waals surface area contributed by atoms with Gasteiger partial charge in [0.05, 0.1) is 5.69 Å². The highest BCUT2D eigenvalue weighted by atomic mass is 15.2. The zero-order chi connectivity index (χ0) is 14.8. The highest BCUT2D eigenvalue weighted by Crippen LogP contribution is 2.28. The van der Waals surface area contributed by atoms with Crippen molar-refractivity contribution < 1.29 is 0 Å². The van der Waals surface area contributed by atoms with Gasteiger partial charge < -0.3 is 10.2 Å². The normalized spacial score (nSPS) is 15.3. The minimum absolute atomic E-state index is 0.501. The lowest BCUT2D eigenvalue weighted by atomic mass is 10.1. The van der Waals surface area contributed by atoms with Gasteiger partial charge in [-0.15, -0.1) is 0 Å². The first kappa shape index (κ1) is 14.1. The number of H-pyrrole nitrogens is 1. The van der Waals surface area contributed by atoms with Gasteiger partial charge in [0.2, 0.25) is 0 Å². The van der Waals surface area contributed by atoms with Crippen molar-refractivity contribution in [2.24, 2.45) is 0 Å². The maximum Gasteiger partial charge on any atom is 0.0638 e. The molecule has 0 fully saturated rings. The zero-order valence-corrected chi connectivity index (χ0v) is 13.1. The first-order valence-electron chi connectivity index (χ1n) is 7.72. The van der Waals surface area contributed by atoms with E-state index in [2.05, 4.69) is 65.5 Å². The number of nitrogens with one attached hydrogen (secondary N) is 2. The number of nitrogens with zero attached hydrogens (tertiary/aromatic N) is 2. The van der Waals surface area contributed by atoms with Gasteiger partial charge in [-0.3, -0.25) is 5.10 Å². The molecule has 1 atom stereocenters. The van der Waals surface area contributed by atoms with Gasteiger partial charge in [-0.25, -0.2) is 0 Å². The van der Waals surface area contributed by atoms with Crippen LogP contribution < -0.4 is 10.2 Å². The summed E-state index contributed by atoms with van der Waals surface area (Å²) >= 11 is 0. The van der Waals surface area contributed by atoms with Crippen molar-refractivity contribution in [2.45, 2.75) is 39.8 Å². The predicted octanol–water partition coefficient (Wildman–Crippen LogP) is 2.57. The molecule has 1 aliphatic heterocycles. The van der Waals surface area contributed by atoms with E-state index in [0.717, 1.165) is 25.3 Å². The maximum absolute atomic E-state index is 4.25. The molecule has 0 unspecified atom stereocenters. The molecular weight excluding hydrogens is 260 g/mol. The summed E-state index contributed by atoms with van der Waals surface area (Å²) in [5.74, 6) is 0. The van der Waals surface area contributed by atoms with Crippen LogP contribution in [-0.2, 0) is 13.0 Å². The number of anilines is 1. The Labute approximate surface area is 126 Å². The Morgan fingerprint density at radius 3 is 2.90 bits per heavy atom. The van der Waals surface area contributed by atoms with E-state index >= 15 is 0 Å². The Kier molecular flexibility index (Phi) is 3.97. The van der Waals surface area contributed by atoms with Crippen LogP contribution >= 0.6 is 0 Å². The second-order valence-electron chi connectivity index (χ2n) is 5.96. The highest BCUT2D eigenvalue weighted by molar-refractivity contribution is 5.58. The first-order chi connectivity index (χ1) is 10.2. The minimum atomic E-state index is 0.501. The van der Waals surface area contributed by atoms with Crippen molar-refractivity contribution in [1.29, 1.82) is 0 Å². The summed E-state index contributed by atoms with van der Waals surface area (Å²) in [6, 6.07) is 9.25. The third-order valence-electron chi connectivity index (χ3n) is 4.48. The monoisotopic (exact) mass is 284 g/mol. The quantitative estimate of drug-likeness (QED) is 0.887. The van der Waals surface area contributed by atoms with Crippen LogP contribution in [0, 0.1) is 13.8 Å². The molecular formula is C17H24N4. The molecule has 21 heavy (non-hydrogen) atoms. The summed E-state index contributed by atoms with van der Waals surface area (Å²) in [5.41, 5.74) is 6.44. The van der Waals surface area contributed by atoms with Crippen molar-refractivity contribution in [3.63, 3.8) is 0 Å². The van der Waals surface area contributed by atoms with E-state index in [1.165, 1.54) is 28.9 Å². The van der Waals surface area contributed by atoms with Crippen molar-refractivity contribution in [2.75, 3.05) is 18.0 Å². The SMILES string of the molecule is Cc1n[nH]c(C)c1CNC[C@@H](C)N1CCc2ccccc21. The second kappa shape index (κ2) is 5.90. The molecule has 0 aliphatic carbocycles. The summed E-state index contributed by atoms with van der Waals surface area (Å²) in [7, 11) is 0. The molecule has 0 radical (unpaired) electrons. The number of hydrogen-bond donors (Lipinski definition) is 2. The Hall–Kier alpha value is -1.81. The predicted molar refractivity (Wildman–Crippen MR) is 86.7 cm³/mol. The van der Waals surface area contributed by atoms with E-state index in [9.17, 15) is 0 Å². The molecule has 1 aromatic heterocycles. The molecule has 0 spiro atoms. The van der Waals surface area contributed by atoms with Crippen LogP contribution in [0.1, 0.15) is 29.4 Å². The fraction of sp³-hybridized carbons (Fsp3) is 0.471. The van der Waals surface area contributed by atoms with Crippen LogP contribution in [0.3, 0.4) is 0 Å². The smallest absolute Gasteiger partial charge is 0.0638 e. The van der Waals surface area contributed by atoms with Crippen molar-refractivity contribution in [1.82, 2.24) is 15.5 Å². The second-order valence-corrected chi connectivity index (χ2v) is 5.96. The van der Waals surface area contributed by atoms with Crippen LogP contribution in [0.5, 0.6) is 0 Å². The summed E-state index contributed by atoms with van der Waals surface area (Å²) in [6.07, 6.45) is 1.17. The molecule has 4 heteroatoms. The van der Waals surface area contributed by atoms with Crippen molar-refractivity contribution in [3.05, 3.63) is 46.8 Å². The Morgan fingerprint density at radius 1 is 1.33 bits per heavy atom. The Balaban J connectivity index is 1.57. The van der Waals surface area contributed by atoms with Crippen LogP contribution in [0.2, 0.25) is 0 Å². The van der Waals surface area contributed by atoms with E-state index in [1.54, 1.807) is 0 Å². The standard InChI is InChI=1S/C17H24N4/c1-12(10-18-11-16-13(2)19-20-14(16)3)21-9-8-15-6-4-5-7-17(15)21/h4-7,12,18H,8-11H2,1-3H3,(H,19,20)/t12-/m1/s1. The van der Waals surface area contributed by atoms with Crippen LogP contribution in [0.15, 0.2) is 24.3 Å². The topological polar surface area (TPSA) is 44.0 Å². The maximum atomic E-state index is 4.25. The van der Waals surface area contributed by atoms with Crippen LogP contribution in [0.4, 0.5) is 5.69 Å². The molecule has 0 saturated heterocycles. The Bertz CT molecular complexity index is 598. The van der Waals surface area contributed by atoms with Gasteiger partial charge >= 0.3 is 0 Å². The number of hydrogen-bond acceptors (Lipinski definition) is 3. The molecule has 112 valence electrons. The van der Waals surface area contributed by atoms with E-state index in [0.29, 0.717) is 6.04 Å². The summed E-state index contributed by atoms with van der Waals surface area (Å²) < 4.78 is 0. The highest BCUT2D eigenvalue weighted by Gasteiger charge is 2.22. The lowest BCUT2D eigenvalue weighted by Gasteiger charge is -2.27. The minimum Gasteiger partial charge on any atom is -0.367 e. The fourth-order valence-electron chi connectivity index (χ4n) is 3.17. The average Bonchev–Trinajstić information content (AvgIpc) is 3.05. The molecule has 0 amide bonds. The third-order valence-corrected chi connectivity index (χ3v) is 4.48. The molecule has 3 rings (SSSR count). The first-order valence-corrected chi connectivity index (χ1v) is 7.72. The number of fused-ring (bicyclic) bond motifs is 1. The van der Waals surface area contributed by atoms with Crippen LogP contribution in [-0.4, -0.2) is 29.3 Å². The molecule has 2 heterocycles. The van der Waals surface area contributed by atoms with Gasteiger partial charge in [-0.1, -0.05) is 18.2 Å². The van der Waals surface area contributed by atoms with Gasteiger partial charge in [0.15, 0.2) is 0 Å².